The number of aliphatic hydroxyl groups excluding tert-OH is 1. The number of ketones is 1. The lowest BCUT2D eigenvalue weighted by Crippen LogP contribution is -2.46. The summed E-state index contributed by atoms with van der Waals surface area (Å²) >= 11 is 1.67. The average Bonchev–Trinajstić information content (AvgIpc) is 3.08. The largest absolute Gasteiger partial charge is 0.398 e. The van der Waals surface area contributed by atoms with Gasteiger partial charge in [-0.3, -0.25) is 4.79 Å². The minimum atomic E-state index is -0.606. The molecule has 0 bridgehead atoms. The van der Waals surface area contributed by atoms with E-state index in [1.54, 1.807) is 11.8 Å². The number of carbonyl (C=O) groups excluding carboxylic acids is 2. The molecule has 9 heteroatoms. The summed E-state index contributed by atoms with van der Waals surface area (Å²) < 4.78 is 13.1. The molecular weight excluding hydrogens is 598 g/mol. The lowest BCUT2D eigenvalue weighted by Gasteiger charge is -2.41. The number of hydrogen-bond donors (Lipinski definition) is 4. The number of benzene rings is 4. The van der Waals surface area contributed by atoms with Crippen LogP contribution in [-0.4, -0.2) is 34.8 Å². The molecule has 4 aromatic rings. The molecule has 1 aliphatic heterocycles. The molecule has 0 spiro atoms. The van der Waals surface area contributed by atoms with Gasteiger partial charge in [-0.05, 0) is 47.7 Å². The van der Waals surface area contributed by atoms with Crippen molar-refractivity contribution in [3.05, 3.63) is 131 Å². The zero-order valence-electron chi connectivity index (χ0n) is 26.1. The number of amides is 2. The smallest absolute Gasteiger partial charge is 0.315 e. The number of ether oxygens (including phenoxy) is 2. The number of Topliss-reactive ketones (excluding diaryl/α,β-unsaturated/α-hetero) is 1. The van der Waals surface area contributed by atoms with Crippen LogP contribution in [0.15, 0.2) is 108 Å². The normalized spacial score (nSPS) is 20.1. The molecule has 1 heterocycles. The predicted octanol–water partition coefficient (Wildman–Crippen LogP) is 6.34. The molecule has 0 aliphatic carbocycles. The Bertz CT molecular complexity index is 1580. The lowest BCUT2D eigenvalue weighted by atomic mass is 9.91. The molecule has 1 fully saturated rings. The highest BCUT2D eigenvalue weighted by molar-refractivity contribution is 7.99. The minimum Gasteiger partial charge on any atom is -0.398 e. The second-order valence-electron chi connectivity index (χ2n) is 11.6. The Morgan fingerprint density at radius 3 is 2.17 bits per heavy atom. The molecule has 2 amide bonds. The van der Waals surface area contributed by atoms with Gasteiger partial charge in [0.1, 0.15) is 0 Å². The van der Waals surface area contributed by atoms with E-state index in [1.807, 2.05) is 103 Å². The zero-order chi connectivity index (χ0) is 32.5. The molecule has 240 valence electrons. The van der Waals surface area contributed by atoms with Crippen molar-refractivity contribution in [1.29, 1.82) is 0 Å². The first kappa shape index (κ1) is 33.2. The van der Waals surface area contributed by atoms with Crippen LogP contribution in [0.2, 0.25) is 0 Å². The number of hydrogen-bond acceptors (Lipinski definition) is 7. The van der Waals surface area contributed by atoms with Crippen molar-refractivity contribution >= 4 is 29.3 Å². The Morgan fingerprint density at radius 1 is 0.848 bits per heavy atom. The number of carbonyl (C=O) groups is 2. The maximum Gasteiger partial charge on any atom is 0.315 e. The number of aliphatic hydroxyl groups is 1. The highest BCUT2D eigenvalue weighted by atomic mass is 32.2. The second-order valence-corrected chi connectivity index (χ2v) is 12.7. The number of nitrogens with two attached hydrogens (primary N) is 1. The van der Waals surface area contributed by atoms with Crippen molar-refractivity contribution in [1.82, 2.24) is 10.6 Å². The Hall–Kier alpha value is -4.15. The SMILES string of the molecule is CC(=O)[C@@H](Cc1ccccc1)NC(=O)NCc1ccc(C2O[C@H](CSc3ccccc3N)[C@H](C)[C@H](c3ccc(CO)cc3)O2)cc1. The fourth-order valence-corrected chi connectivity index (χ4v) is 6.56. The van der Waals surface area contributed by atoms with E-state index in [0.29, 0.717) is 18.7 Å². The van der Waals surface area contributed by atoms with Gasteiger partial charge in [0.2, 0.25) is 0 Å². The highest BCUT2D eigenvalue weighted by Crippen LogP contribution is 2.43. The Kier molecular flexibility index (Phi) is 11.5. The zero-order valence-corrected chi connectivity index (χ0v) is 26.9. The highest BCUT2D eigenvalue weighted by Gasteiger charge is 2.38. The van der Waals surface area contributed by atoms with E-state index in [4.69, 9.17) is 15.2 Å². The van der Waals surface area contributed by atoms with E-state index in [0.717, 1.165) is 38.4 Å². The third-order valence-corrected chi connectivity index (χ3v) is 9.41. The fourth-order valence-electron chi connectivity index (χ4n) is 5.42. The van der Waals surface area contributed by atoms with Gasteiger partial charge >= 0.3 is 6.03 Å². The molecule has 5 atom stereocenters. The van der Waals surface area contributed by atoms with Crippen LogP contribution in [0.5, 0.6) is 0 Å². The van der Waals surface area contributed by atoms with E-state index >= 15 is 0 Å². The fraction of sp³-hybridized carbons (Fsp3) is 0.297. The van der Waals surface area contributed by atoms with Crippen molar-refractivity contribution in [2.24, 2.45) is 5.92 Å². The maximum atomic E-state index is 12.7. The third-order valence-electron chi connectivity index (χ3n) is 8.23. The number of nitrogens with one attached hydrogen (secondary N) is 2. The number of rotatable bonds is 12. The van der Waals surface area contributed by atoms with Crippen LogP contribution in [-0.2, 0) is 33.8 Å². The molecule has 1 saturated heterocycles. The van der Waals surface area contributed by atoms with E-state index < -0.39 is 18.4 Å². The summed E-state index contributed by atoms with van der Waals surface area (Å²) in [7, 11) is 0. The molecule has 0 radical (unpaired) electrons. The molecule has 1 aliphatic rings. The quantitative estimate of drug-likeness (QED) is 0.105. The average molecular weight is 640 g/mol. The van der Waals surface area contributed by atoms with E-state index in [2.05, 4.69) is 17.6 Å². The summed E-state index contributed by atoms with van der Waals surface area (Å²) in [5.41, 5.74) is 11.6. The Balaban J connectivity index is 1.24. The summed E-state index contributed by atoms with van der Waals surface area (Å²) in [5, 5.41) is 15.2. The van der Waals surface area contributed by atoms with E-state index in [-0.39, 0.29) is 30.5 Å². The predicted molar refractivity (Wildman–Crippen MR) is 181 cm³/mol. The van der Waals surface area contributed by atoms with Crippen LogP contribution in [0.25, 0.3) is 0 Å². The summed E-state index contributed by atoms with van der Waals surface area (Å²) in [6.07, 6.45) is -0.512. The van der Waals surface area contributed by atoms with Crippen molar-refractivity contribution in [2.45, 2.75) is 62.9 Å². The Labute approximate surface area is 274 Å². The second kappa shape index (κ2) is 15.9. The number of nitrogen functional groups attached to an aromatic ring is 1. The van der Waals surface area contributed by atoms with Gasteiger partial charge in [-0.25, -0.2) is 4.79 Å². The van der Waals surface area contributed by atoms with Crippen molar-refractivity contribution < 1.29 is 24.2 Å². The first-order valence-corrected chi connectivity index (χ1v) is 16.4. The van der Waals surface area contributed by atoms with Gasteiger partial charge < -0.3 is 30.9 Å². The van der Waals surface area contributed by atoms with Gasteiger partial charge in [0.15, 0.2) is 12.1 Å². The summed E-state index contributed by atoms with van der Waals surface area (Å²) in [6.45, 7) is 3.90. The molecule has 8 nitrogen and oxygen atoms in total. The molecule has 5 rings (SSSR count). The number of thioether (sulfide) groups is 1. The van der Waals surface area contributed by atoms with Crippen molar-refractivity contribution in [2.75, 3.05) is 11.5 Å². The van der Waals surface area contributed by atoms with Crippen molar-refractivity contribution in [3.63, 3.8) is 0 Å². The van der Waals surface area contributed by atoms with E-state index in [1.165, 1.54) is 6.92 Å². The van der Waals surface area contributed by atoms with Crippen molar-refractivity contribution in [3.8, 4) is 0 Å². The number of urea groups is 1. The summed E-state index contributed by atoms with van der Waals surface area (Å²) in [6, 6.07) is 32.1. The first-order valence-electron chi connectivity index (χ1n) is 15.5. The molecule has 1 unspecified atom stereocenters. The van der Waals surface area contributed by atoms with Crippen LogP contribution in [0.3, 0.4) is 0 Å². The van der Waals surface area contributed by atoms with Gasteiger partial charge in [0.05, 0.1) is 24.9 Å². The number of anilines is 1. The van der Waals surface area contributed by atoms with Gasteiger partial charge in [-0.2, -0.15) is 0 Å². The van der Waals surface area contributed by atoms with Crippen LogP contribution in [0, 0.1) is 5.92 Å². The van der Waals surface area contributed by atoms with Gasteiger partial charge in [0.25, 0.3) is 0 Å². The minimum absolute atomic E-state index is 0.0152. The van der Waals surface area contributed by atoms with Gasteiger partial charge in [0, 0.05) is 34.4 Å². The molecule has 0 saturated carbocycles. The lowest BCUT2D eigenvalue weighted by molar-refractivity contribution is -0.268. The third kappa shape index (κ3) is 8.76. The molecule has 46 heavy (non-hydrogen) atoms. The van der Waals surface area contributed by atoms with Crippen LogP contribution in [0.4, 0.5) is 10.5 Å². The monoisotopic (exact) mass is 639 g/mol. The summed E-state index contributed by atoms with van der Waals surface area (Å²) in [5.74, 6) is 0.649. The topological polar surface area (TPSA) is 123 Å². The number of para-hydroxylation sites is 1. The summed E-state index contributed by atoms with van der Waals surface area (Å²) in [4.78, 5) is 25.9. The van der Waals surface area contributed by atoms with Gasteiger partial charge in [-0.1, -0.05) is 97.9 Å². The standard InChI is InChI=1S/C37H41N3O5S/c1-24-33(23-46-34-11-7-6-10-31(34)38)44-36(45-35(24)29-16-14-28(22-41)15-17-29)30-18-12-27(13-19-30)21-39-37(43)40-32(25(2)42)20-26-8-4-3-5-9-26/h3-19,24,32-33,35-36,41H,20-23,38H2,1-2H3,(H2,39,40,43)/t24-,32+,33+,35+,36?/m0/s1. The van der Waals surface area contributed by atoms with E-state index in [9.17, 15) is 14.7 Å². The van der Waals surface area contributed by atoms with Gasteiger partial charge in [-0.15, -0.1) is 11.8 Å². The maximum absolute atomic E-state index is 12.7. The molecular formula is C37H41N3O5S. The molecule has 0 aromatic heterocycles. The van der Waals surface area contributed by atoms with Crippen LogP contribution < -0.4 is 16.4 Å². The molecule has 4 aromatic carbocycles. The molecule has 5 N–H and O–H groups in total. The Morgan fingerprint density at radius 2 is 1.50 bits per heavy atom. The van der Waals surface area contributed by atoms with Crippen LogP contribution >= 0.6 is 11.8 Å². The first-order chi connectivity index (χ1) is 22.3. The van der Waals surface area contributed by atoms with Crippen LogP contribution in [0.1, 0.15) is 54.1 Å².